The van der Waals surface area contributed by atoms with Crippen LogP contribution in [0.5, 0.6) is 0 Å². The van der Waals surface area contributed by atoms with Gasteiger partial charge in [-0.1, -0.05) is 0 Å². The average Bonchev–Trinajstić information content (AvgIpc) is 3.26. The lowest BCUT2D eigenvalue weighted by molar-refractivity contribution is 0.0740. The molecule has 8 nitrogen and oxygen atoms in total. The van der Waals surface area contributed by atoms with E-state index in [1.165, 1.54) is 0 Å². The van der Waals surface area contributed by atoms with Crippen LogP contribution in [0.3, 0.4) is 0 Å². The first-order valence-corrected chi connectivity index (χ1v) is 8.27. The van der Waals surface area contributed by atoms with Crippen LogP contribution in [0.4, 0.5) is 5.95 Å². The lowest BCUT2D eigenvalue weighted by atomic mass is 10.2. The van der Waals surface area contributed by atoms with E-state index in [9.17, 15) is 4.79 Å². The Balaban J connectivity index is 1.52. The van der Waals surface area contributed by atoms with E-state index in [4.69, 9.17) is 0 Å². The van der Waals surface area contributed by atoms with Crippen LogP contribution in [-0.4, -0.2) is 41.9 Å². The number of anilines is 1. The Morgan fingerprint density at radius 3 is 2.88 bits per heavy atom. The molecule has 0 aromatic carbocycles. The summed E-state index contributed by atoms with van der Waals surface area (Å²) in [5.41, 5.74) is 2.59. The summed E-state index contributed by atoms with van der Waals surface area (Å²) >= 11 is 0. The molecule has 3 aromatic rings. The molecule has 8 heteroatoms. The number of rotatable bonds is 4. The summed E-state index contributed by atoms with van der Waals surface area (Å²) in [5.74, 6) is 0.585. The number of aryl methyl sites for hydroxylation is 1. The standard InChI is InChI=1S/C17H19N7O/c25-16(13-4-1-5-18-13)23-8-3-9-24-12-22-14(15(24)11-23)10-21-17-19-6-2-7-20-17/h1-2,4-7,12,18H,3,8-11H2,(H,19,20,21). The van der Waals surface area contributed by atoms with Gasteiger partial charge in [-0.15, -0.1) is 0 Å². The highest BCUT2D eigenvalue weighted by atomic mass is 16.2. The summed E-state index contributed by atoms with van der Waals surface area (Å²) in [6.07, 6.45) is 7.91. The lowest BCUT2D eigenvalue weighted by Gasteiger charge is -2.20. The molecule has 0 aliphatic carbocycles. The van der Waals surface area contributed by atoms with Crippen LogP contribution in [-0.2, 0) is 19.6 Å². The van der Waals surface area contributed by atoms with Gasteiger partial charge < -0.3 is 19.8 Å². The van der Waals surface area contributed by atoms with Gasteiger partial charge >= 0.3 is 0 Å². The highest BCUT2D eigenvalue weighted by Gasteiger charge is 2.23. The van der Waals surface area contributed by atoms with Crippen molar-refractivity contribution in [1.29, 1.82) is 0 Å². The van der Waals surface area contributed by atoms with Gasteiger partial charge in [0.05, 0.1) is 30.8 Å². The second kappa shape index (κ2) is 6.76. The third-order valence-electron chi connectivity index (χ3n) is 4.30. The van der Waals surface area contributed by atoms with Crippen LogP contribution < -0.4 is 5.32 Å². The minimum atomic E-state index is 0.0185. The van der Waals surface area contributed by atoms with Crippen molar-refractivity contribution >= 4 is 11.9 Å². The molecular formula is C17H19N7O. The van der Waals surface area contributed by atoms with Crippen LogP contribution in [0.2, 0.25) is 0 Å². The SMILES string of the molecule is O=C(c1ccc[nH]1)N1CCCn2cnc(CNc3ncccn3)c2C1. The fraction of sp³-hybridized carbons (Fsp3) is 0.294. The molecule has 0 fully saturated rings. The van der Waals surface area contributed by atoms with Gasteiger partial charge in [0.25, 0.3) is 5.91 Å². The van der Waals surface area contributed by atoms with Crippen molar-refractivity contribution in [1.82, 2.24) is 29.4 Å². The number of aromatic nitrogens is 5. The summed E-state index contributed by atoms with van der Waals surface area (Å²) in [6, 6.07) is 5.42. The van der Waals surface area contributed by atoms with E-state index in [-0.39, 0.29) is 5.91 Å². The van der Waals surface area contributed by atoms with Gasteiger partial charge in [-0.05, 0) is 24.6 Å². The van der Waals surface area contributed by atoms with Gasteiger partial charge in [0.2, 0.25) is 5.95 Å². The quantitative estimate of drug-likeness (QED) is 0.755. The lowest BCUT2D eigenvalue weighted by Crippen LogP contribution is -2.31. The van der Waals surface area contributed by atoms with Gasteiger partial charge in [-0.3, -0.25) is 4.79 Å². The third-order valence-corrected chi connectivity index (χ3v) is 4.30. The minimum Gasteiger partial charge on any atom is -0.357 e. The molecule has 2 N–H and O–H groups in total. The molecule has 0 atom stereocenters. The van der Waals surface area contributed by atoms with Crippen LogP contribution >= 0.6 is 0 Å². The zero-order chi connectivity index (χ0) is 17.1. The summed E-state index contributed by atoms with van der Waals surface area (Å²) in [6.45, 7) is 2.66. The van der Waals surface area contributed by atoms with Crippen LogP contribution in [0.1, 0.15) is 28.3 Å². The molecule has 1 aliphatic heterocycles. The Morgan fingerprint density at radius 2 is 2.08 bits per heavy atom. The van der Waals surface area contributed by atoms with Crippen molar-refractivity contribution in [2.75, 3.05) is 11.9 Å². The zero-order valence-electron chi connectivity index (χ0n) is 13.7. The summed E-state index contributed by atoms with van der Waals surface area (Å²) in [5, 5.41) is 3.18. The molecule has 0 spiro atoms. The van der Waals surface area contributed by atoms with Gasteiger partial charge in [0, 0.05) is 31.7 Å². The van der Waals surface area contributed by atoms with E-state index >= 15 is 0 Å². The number of imidazole rings is 1. The second-order valence-corrected chi connectivity index (χ2v) is 5.92. The van der Waals surface area contributed by atoms with Gasteiger partial charge in [-0.2, -0.15) is 0 Å². The predicted octanol–water partition coefficient (Wildman–Crippen LogP) is 1.66. The largest absolute Gasteiger partial charge is 0.357 e. The molecule has 3 aromatic heterocycles. The molecule has 0 saturated carbocycles. The molecule has 128 valence electrons. The molecule has 4 heterocycles. The first kappa shape index (κ1) is 15.4. The first-order chi connectivity index (χ1) is 12.3. The fourth-order valence-corrected chi connectivity index (χ4v) is 3.02. The third kappa shape index (κ3) is 3.23. The van der Waals surface area contributed by atoms with E-state index in [0.717, 1.165) is 30.9 Å². The van der Waals surface area contributed by atoms with Gasteiger partial charge in [-0.25, -0.2) is 15.0 Å². The molecule has 0 bridgehead atoms. The number of carbonyl (C=O) groups is 1. The number of fused-ring (bicyclic) bond motifs is 1. The van der Waals surface area contributed by atoms with Crippen molar-refractivity contribution in [2.45, 2.75) is 26.1 Å². The Hall–Kier alpha value is -3.16. The molecule has 1 aliphatic rings. The number of nitrogens with one attached hydrogen (secondary N) is 2. The van der Waals surface area contributed by atoms with Crippen LogP contribution in [0, 0.1) is 0 Å². The number of nitrogens with zero attached hydrogens (tertiary/aromatic N) is 5. The maximum Gasteiger partial charge on any atom is 0.270 e. The van der Waals surface area contributed by atoms with Crippen LogP contribution in [0.15, 0.2) is 43.1 Å². The first-order valence-electron chi connectivity index (χ1n) is 8.27. The van der Waals surface area contributed by atoms with Crippen molar-refractivity contribution in [3.63, 3.8) is 0 Å². The van der Waals surface area contributed by atoms with Crippen molar-refractivity contribution in [2.24, 2.45) is 0 Å². The van der Waals surface area contributed by atoms with Crippen molar-refractivity contribution in [3.05, 3.63) is 60.2 Å². The number of H-pyrrole nitrogens is 1. The molecule has 0 saturated heterocycles. The van der Waals surface area contributed by atoms with Gasteiger partial charge in [0.1, 0.15) is 5.69 Å². The van der Waals surface area contributed by atoms with Gasteiger partial charge in [0.15, 0.2) is 0 Å². The van der Waals surface area contributed by atoms with E-state index in [1.807, 2.05) is 17.3 Å². The maximum absolute atomic E-state index is 12.7. The Kier molecular flexibility index (Phi) is 4.16. The number of hydrogen-bond donors (Lipinski definition) is 2. The molecule has 0 unspecified atom stereocenters. The summed E-state index contributed by atoms with van der Waals surface area (Å²) in [4.78, 5) is 30.4. The normalized spacial score (nSPS) is 14.0. The predicted molar refractivity (Wildman–Crippen MR) is 91.7 cm³/mol. The van der Waals surface area contributed by atoms with E-state index in [0.29, 0.717) is 24.7 Å². The minimum absolute atomic E-state index is 0.0185. The fourth-order valence-electron chi connectivity index (χ4n) is 3.02. The Morgan fingerprint density at radius 1 is 1.20 bits per heavy atom. The maximum atomic E-state index is 12.7. The molecule has 1 amide bonds. The highest BCUT2D eigenvalue weighted by molar-refractivity contribution is 5.92. The van der Waals surface area contributed by atoms with Crippen molar-refractivity contribution in [3.8, 4) is 0 Å². The smallest absolute Gasteiger partial charge is 0.270 e. The molecule has 0 radical (unpaired) electrons. The summed E-state index contributed by atoms with van der Waals surface area (Å²) < 4.78 is 2.13. The van der Waals surface area contributed by atoms with E-state index in [2.05, 4.69) is 29.8 Å². The molecular weight excluding hydrogens is 318 g/mol. The van der Waals surface area contributed by atoms with E-state index in [1.54, 1.807) is 30.7 Å². The topological polar surface area (TPSA) is 91.7 Å². The number of carbonyl (C=O) groups excluding carboxylic acids is 1. The zero-order valence-corrected chi connectivity index (χ0v) is 13.7. The van der Waals surface area contributed by atoms with Crippen LogP contribution in [0.25, 0.3) is 0 Å². The van der Waals surface area contributed by atoms with E-state index < -0.39 is 0 Å². The Bertz CT molecular complexity index is 841. The Labute approximate surface area is 144 Å². The highest BCUT2D eigenvalue weighted by Crippen LogP contribution is 2.18. The number of amides is 1. The second-order valence-electron chi connectivity index (χ2n) is 5.92. The monoisotopic (exact) mass is 337 g/mol. The molecule has 25 heavy (non-hydrogen) atoms. The average molecular weight is 337 g/mol. The van der Waals surface area contributed by atoms with Crippen molar-refractivity contribution < 1.29 is 4.79 Å². The number of aromatic amines is 1. The number of hydrogen-bond acceptors (Lipinski definition) is 5. The molecule has 4 rings (SSSR count). The summed E-state index contributed by atoms with van der Waals surface area (Å²) in [7, 11) is 0.